The summed E-state index contributed by atoms with van der Waals surface area (Å²) in [5.74, 6) is 0.954. The fraction of sp³-hybridized carbons (Fsp3) is 0.857. The van der Waals surface area contributed by atoms with Crippen LogP contribution >= 0.6 is 0 Å². The lowest BCUT2D eigenvalue weighted by molar-refractivity contribution is 0.492. The summed E-state index contributed by atoms with van der Waals surface area (Å²) in [7, 11) is 0. The van der Waals surface area contributed by atoms with Crippen LogP contribution in [0.15, 0.2) is 12.2 Å². The number of hydrogen-bond donors (Lipinski definition) is 0. The summed E-state index contributed by atoms with van der Waals surface area (Å²) in [6.45, 7) is 14.8. The minimum atomic E-state index is 0.954. The third-order valence-electron chi connectivity index (χ3n) is 2.42. The van der Waals surface area contributed by atoms with Gasteiger partial charge in [-0.3, -0.25) is 0 Å². The van der Waals surface area contributed by atoms with Gasteiger partial charge in [-0.15, -0.1) is 6.58 Å². The summed E-state index contributed by atoms with van der Waals surface area (Å²) < 4.78 is 0. The molecule has 0 heterocycles. The lowest BCUT2D eigenvalue weighted by atomic mass is 10.0. The topological polar surface area (TPSA) is 0 Å². The molecule has 0 heteroatoms. The summed E-state index contributed by atoms with van der Waals surface area (Å²) in [6, 6.07) is 0. The largest absolute Gasteiger partial charge is 0.100 e. The fourth-order valence-corrected chi connectivity index (χ4v) is 1.18. The predicted molar refractivity (Wildman–Crippen MR) is 68.7 cm³/mol. The zero-order chi connectivity index (χ0) is 11.4. The van der Waals surface area contributed by atoms with Gasteiger partial charge in [0.05, 0.1) is 0 Å². The first-order chi connectivity index (χ1) is 6.58. The highest BCUT2D eigenvalue weighted by atomic mass is 14.0. The summed E-state index contributed by atoms with van der Waals surface area (Å²) in [5, 5.41) is 0. The molecule has 0 fully saturated rings. The van der Waals surface area contributed by atoms with Gasteiger partial charge in [0.1, 0.15) is 0 Å². The van der Waals surface area contributed by atoms with Crippen molar-refractivity contribution in [3.8, 4) is 0 Å². The van der Waals surface area contributed by atoms with Crippen molar-refractivity contribution in [3.63, 3.8) is 0 Å². The van der Waals surface area contributed by atoms with Crippen molar-refractivity contribution in [2.75, 3.05) is 0 Å². The molecule has 0 aliphatic carbocycles. The maximum absolute atomic E-state index is 3.74. The quantitative estimate of drug-likeness (QED) is 0.488. The third-order valence-corrected chi connectivity index (χ3v) is 2.42. The Labute approximate surface area is 91.8 Å². The zero-order valence-corrected chi connectivity index (χ0v) is 11.0. The Morgan fingerprint density at radius 3 is 1.93 bits per heavy atom. The van der Waals surface area contributed by atoms with Crippen LogP contribution in [0.3, 0.4) is 0 Å². The second-order valence-corrected chi connectivity index (χ2v) is 4.36. The molecule has 0 nitrogen and oxygen atoms in total. The first-order valence-corrected chi connectivity index (χ1v) is 6.22. The highest BCUT2D eigenvalue weighted by Crippen LogP contribution is 2.09. The van der Waals surface area contributed by atoms with E-state index in [1.165, 1.54) is 44.1 Å². The molecule has 0 spiro atoms. The molecule has 0 rings (SSSR count). The number of unbranched alkanes of at least 4 members (excludes halogenated alkanes) is 1. The molecule has 0 amide bonds. The molecule has 0 aromatic carbocycles. The van der Waals surface area contributed by atoms with Crippen molar-refractivity contribution in [2.24, 2.45) is 5.92 Å². The highest BCUT2D eigenvalue weighted by molar-refractivity contribution is 4.86. The minimum Gasteiger partial charge on any atom is -0.100 e. The minimum absolute atomic E-state index is 0.954. The molecule has 0 saturated heterocycles. The van der Waals surface area contributed by atoms with Gasteiger partial charge < -0.3 is 0 Å². The highest BCUT2D eigenvalue weighted by Gasteiger charge is 1.94. The number of allylic oxidation sites excluding steroid dienone is 1. The second kappa shape index (κ2) is 12.7. The van der Waals surface area contributed by atoms with Gasteiger partial charge in [0.25, 0.3) is 0 Å². The molecule has 0 saturated carbocycles. The molecule has 0 aliphatic heterocycles. The third kappa shape index (κ3) is 17.7. The fourth-order valence-electron chi connectivity index (χ4n) is 1.18. The van der Waals surface area contributed by atoms with Gasteiger partial charge in [-0.1, -0.05) is 65.4 Å². The van der Waals surface area contributed by atoms with Gasteiger partial charge in [0, 0.05) is 0 Å². The van der Waals surface area contributed by atoms with Gasteiger partial charge >= 0.3 is 0 Å². The van der Waals surface area contributed by atoms with E-state index < -0.39 is 0 Å². The molecular weight excluding hydrogens is 168 g/mol. The van der Waals surface area contributed by atoms with Crippen molar-refractivity contribution in [2.45, 2.75) is 73.1 Å². The Morgan fingerprint density at radius 1 is 1.14 bits per heavy atom. The number of hydrogen-bond acceptors (Lipinski definition) is 0. The van der Waals surface area contributed by atoms with Crippen molar-refractivity contribution in [3.05, 3.63) is 12.2 Å². The van der Waals surface area contributed by atoms with E-state index in [9.17, 15) is 0 Å². The lowest BCUT2D eigenvalue weighted by Crippen LogP contribution is -1.89. The Bertz CT molecular complexity index is 113. The molecule has 0 radical (unpaired) electrons. The van der Waals surface area contributed by atoms with Crippen molar-refractivity contribution in [1.29, 1.82) is 0 Å². The van der Waals surface area contributed by atoms with Crippen LogP contribution in [0.5, 0.6) is 0 Å². The van der Waals surface area contributed by atoms with E-state index in [1.807, 2.05) is 0 Å². The Hall–Kier alpha value is -0.260. The molecule has 0 aliphatic rings. The van der Waals surface area contributed by atoms with Crippen LogP contribution in [0.1, 0.15) is 73.1 Å². The SMILES string of the molecule is C=C(C)CCC.CCCCC(C)CC. The van der Waals surface area contributed by atoms with E-state index in [-0.39, 0.29) is 0 Å². The van der Waals surface area contributed by atoms with Crippen molar-refractivity contribution >= 4 is 0 Å². The first kappa shape index (κ1) is 16.2. The van der Waals surface area contributed by atoms with Crippen LogP contribution in [0.2, 0.25) is 0 Å². The average Bonchev–Trinajstić information content (AvgIpc) is 2.15. The van der Waals surface area contributed by atoms with E-state index >= 15 is 0 Å². The summed E-state index contributed by atoms with van der Waals surface area (Å²) in [4.78, 5) is 0. The van der Waals surface area contributed by atoms with Crippen LogP contribution in [0, 0.1) is 5.92 Å². The lowest BCUT2D eigenvalue weighted by Gasteiger charge is -2.04. The van der Waals surface area contributed by atoms with Gasteiger partial charge in [-0.25, -0.2) is 0 Å². The maximum Gasteiger partial charge on any atom is -0.0328 e. The molecule has 0 aromatic rings. The van der Waals surface area contributed by atoms with Crippen molar-refractivity contribution in [1.82, 2.24) is 0 Å². The number of rotatable bonds is 6. The zero-order valence-electron chi connectivity index (χ0n) is 11.0. The van der Waals surface area contributed by atoms with Crippen LogP contribution in [-0.2, 0) is 0 Å². The summed E-state index contributed by atoms with van der Waals surface area (Å²) in [5.41, 5.74) is 1.29. The average molecular weight is 198 g/mol. The van der Waals surface area contributed by atoms with E-state index in [4.69, 9.17) is 0 Å². The van der Waals surface area contributed by atoms with Gasteiger partial charge in [-0.2, -0.15) is 0 Å². The maximum atomic E-state index is 3.74. The predicted octanol–water partition coefficient (Wildman–Crippen LogP) is 5.59. The smallest absolute Gasteiger partial charge is 0.0328 e. The van der Waals surface area contributed by atoms with Crippen molar-refractivity contribution < 1.29 is 0 Å². The van der Waals surface area contributed by atoms with E-state index in [1.54, 1.807) is 0 Å². The Kier molecular flexibility index (Phi) is 14.7. The van der Waals surface area contributed by atoms with Gasteiger partial charge in [-0.05, 0) is 19.3 Å². The molecule has 0 aromatic heterocycles. The molecule has 1 unspecified atom stereocenters. The molecular formula is C14H30. The molecule has 86 valence electrons. The van der Waals surface area contributed by atoms with E-state index in [0.717, 1.165) is 5.92 Å². The normalized spacial score (nSPS) is 11.5. The molecule has 14 heavy (non-hydrogen) atoms. The van der Waals surface area contributed by atoms with Gasteiger partial charge in [0.2, 0.25) is 0 Å². The van der Waals surface area contributed by atoms with E-state index in [0.29, 0.717) is 0 Å². The van der Waals surface area contributed by atoms with Crippen LogP contribution in [0.4, 0.5) is 0 Å². The molecule has 0 bridgehead atoms. The molecule has 1 atom stereocenters. The van der Waals surface area contributed by atoms with Crippen LogP contribution in [0.25, 0.3) is 0 Å². The van der Waals surface area contributed by atoms with E-state index in [2.05, 4.69) is 41.2 Å². The molecule has 0 N–H and O–H groups in total. The Morgan fingerprint density at radius 2 is 1.71 bits per heavy atom. The van der Waals surface area contributed by atoms with Crippen LogP contribution < -0.4 is 0 Å². The van der Waals surface area contributed by atoms with Crippen LogP contribution in [-0.4, -0.2) is 0 Å². The first-order valence-electron chi connectivity index (χ1n) is 6.22. The van der Waals surface area contributed by atoms with Gasteiger partial charge in [0.15, 0.2) is 0 Å². The summed E-state index contributed by atoms with van der Waals surface area (Å²) >= 11 is 0. The summed E-state index contributed by atoms with van der Waals surface area (Å²) in [6.07, 6.45) is 7.95. The Balaban J connectivity index is 0. The standard InChI is InChI=1S/C8H18.C6H12/c1-4-6-7-8(3)5-2;1-4-5-6(2)3/h8H,4-7H2,1-3H3;2,4-5H2,1,3H3. The monoisotopic (exact) mass is 198 g/mol. The second-order valence-electron chi connectivity index (χ2n) is 4.36.